The molecule has 2 aromatic rings. The zero-order valence-electron chi connectivity index (χ0n) is 14.7. The van der Waals surface area contributed by atoms with Gasteiger partial charge < -0.3 is 14.4 Å². The van der Waals surface area contributed by atoms with Crippen LogP contribution in [0.4, 0.5) is 5.82 Å². The molecule has 1 aromatic carbocycles. The highest BCUT2D eigenvalue weighted by Crippen LogP contribution is 2.31. The quantitative estimate of drug-likeness (QED) is 0.777. The number of anilines is 1. The van der Waals surface area contributed by atoms with Crippen LogP contribution in [0.3, 0.4) is 0 Å². The third kappa shape index (κ3) is 3.78. The highest BCUT2D eigenvalue weighted by atomic mass is 16.5. The molecule has 1 fully saturated rings. The Kier molecular flexibility index (Phi) is 5.18. The first-order valence-electron chi connectivity index (χ1n) is 8.45. The average molecular weight is 327 g/mol. The van der Waals surface area contributed by atoms with Crippen LogP contribution >= 0.6 is 0 Å². The molecule has 1 aromatic heterocycles. The Balaban J connectivity index is 1.85. The van der Waals surface area contributed by atoms with Crippen LogP contribution in [-0.2, 0) is 6.54 Å². The van der Waals surface area contributed by atoms with Gasteiger partial charge in [0.15, 0.2) is 0 Å². The van der Waals surface area contributed by atoms with Crippen molar-refractivity contribution in [2.24, 2.45) is 5.92 Å². The molecule has 5 heteroatoms. The van der Waals surface area contributed by atoms with Crippen molar-refractivity contribution in [1.82, 2.24) is 9.97 Å². The summed E-state index contributed by atoms with van der Waals surface area (Å²) in [5.74, 6) is 4.18. The Bertz CT molecular complexity index is 686. The fraction of sp³-hybridized carbons (Fsp3) is 0.474. The van der Waals surface area contributed by atoms with Crippen LogP contribution in [0.15, 0.2) is 30.5 Å². The number of hydrogen-bond acceptors (Lipinski definition) is 5. The molecule has 24 heavy (non-hydrogen) atoms. The van der Waals surface area contributed by atoms with E-state index >= 15 is 0 Å². The summed E-state index contributed by atoms with van der Waals surface area (Å²) in [5.41, 5.74) is 1.13. The van der Waals surface area contributed by atoms with Gasteiger partial charge in [-0.2, -0.15) is 0 Å². The van der Waals surface area contributed by atoms with Crippen molar-refractivity contribution in [1.29, 1.82) is 0 Å². The minimum absolute atomic E-state index is 0.754. The van der Waals surface area contributed by atoms with Crippen molar-refractivity contribution in [3.05, 3.63) is 41.9 Å². The van der Waals surface area contributed by atoms with Crippen LogP contribution in [0.2, 0.25) is 0 Å². The topological polar surface area (TPSA) is 47.5 Å². The van der Waals surface area contributed by atoms with Crippen molar-refractivity contribution < 1.29 is 9.47 Å². The molecule has 3 rings (SSSR count). The van der Waals surface area contributed by atoms with Crippen molar-refractivity contribution in [2.75, 3.05) is 25.7 Å². The first-order chi connectivity index (χ1) is 11.7. The molecule has 0 N–H and O–H groups in total. The second-order valence-electron chi connectivity index (χ2n) is 6.32. The van der Waals surface area contributed by atoms with Crippen LogP contribution in [0.1, 0.15) is 30.7 Å². The van der Waals surface area contributed by atoms with Gasteiger partial charge in [0.2, 0.25) is 0 Å². The van der Waals surface area contributed by atoms with Crippen LogP contribution in [0.25, 0.3) is 0 Å². The predicted molar refractivity (Wildman–Crippen MR) is 94.7 cm³/mol. The fourth-order valence-corrected chi connectivity index (χ4v) is 3.03. The van der Waals surface area contributed by atoms with Crippen molar-refractivity contribution in [3.63, 3.8) is 0 Å². The number of hydrogen-bond donors (Lipinski definition) is 0. The van der Waals surface area contributed by atoms with Gasteiger partial charge in [-0.05, 0) is 43.9 Å². The summed E-state index contributed by atoms with van der Waals surface area (Å²) in [4.78, 5) is 11.2. The zero-order chi connectivity index (χ0) is 16.9. The van der Waals surface area contributed by atoms with E-state index in [9.17, 15) is 0 Å². The van der Waals surface area contributed by atoms with E-state index in [-0.39, 0.29) is 0 Å². The van der Waals surface area contributed by atoms with Crippen molar-refractivity contribution in [3.8, 4) is 11.5 Å². The molecular weight excluding hydrogens is 302 g/mol. The second kappa shape index (κ2) is 7.51. The predicted octanol–water partition coefficient (Wildman–Crippen LogP) is 3.61. The summed E-state index contributed by atoms with van der Waals surface area (Å²) in [5, 5.41) is 0. The Morgan fingerprint density at radius 1 is 1.17 bits per heavy atom. The monoisotopic (exact) mass is 327 g/mol. The van der Waals surface area contributed by atoms with E-state index in [4.69, 9.17) is 9.47 Å². The Morgan fingerprint density at radius 3 is 2.62 bits per heavy atom. The second-order valence-corrected chi connectivity index (χ2v) is 6.32. The molecule has 0 bridgehead atoms. The molecule has 0 spiro atoms. The highest BCUT2D eigenvalue weighted by Gasteiger charge is 2.22. The van der Waals surface area contributed by atoms with Crippen molar-refractivity contribution >= 4 is 5.82 Å². The normalized spacial score (nSPS) is 14.1. The number of methoxy groups -OCH3 is 2. The van der Waals surface area contributed by atoms with Crippen LogP contribution in [0, 0.1) is 12.8 Å². The standard InChI is InChI=1S/C19H25N3O2/c1-14-20-10-9-19(21-14)22(12-15-5-4-6-15)13-16-7-8-17(23-2)11-18(16)24-3/h7-11,15H,4-6,12-13H2,1-3H3. The van der Waals surface area contributed by atoms with E-state index < -0.39 is 0 Å². The van der Waals surface area contributed by atoms with Crippen LogP contribution in [0.5, 0.6) is 11.5 Å². The summed E-state index contributed by atoms with van der Waals surface area (Å²) in [6.45, 7) is 3.71. The summed E-state index contributed by atoms with van der Waals surface area (Å²) < 4.78 is 10.8. The van der Waals surface area contributed by atoms with Gasteiger partial charge in [0.1, 0.15) is 23.1 Å². The van der Waals surface area contributed by atoms with Gasteiger partial charge in [0.25, 0.3) is 0 Å². The maximum Gasteiger partial charge on any atom is 0.132 e. The minimum atomic E-state index is 0.754. The smallest absolute Gasteiger partial charge is 0.132 e. The maximum absolute atomic E-state index is 5.55. The van der Waals surface area contributed by atoms with E-state index in [0.717, 1.165) is 47.7 Å². The molecule has 0 atom stereocenters. The molecule has 1 aliphatic carbocycles. The molecule has 128 valence electrons. The molecule has 5 nitrogen and oxygen atoms in total. The lowest BCUT2D eigenvalue weighted by molar-refractivity contribution is 0.315. The largest absolute Gasteiger partial charge is 0.497 e. The molecule has 0 amide bonds. The van der Waals surface area contributed by atoms with Gasteiger partial charge >= 0.3 is 0 Å². The molecule has 1 aliphatic rings. The van der Waals surface area contributed by atoms with Gasteiger partial charge in [-0.3, -0.25) is 0 Å². The molecule has 0 aliphatic heterocycles. The summed E-state index contributed by atoms with van der Waals surface area (Å²) >= 11 is 0. The molecule has 1 heterocycles. The molecule has 1 saturated carbocycles. The fourth-order valence-electron chi connectivity index (χ4n) is 3.03. The molecule has 0 unspecified atom stereocenters. The average Bonchev–Trinajstić information content (AvgIpc) is 2.57. The SMILES string of the molecule is COc1ccc(CN(CC2CCC2)c2ccnc(C)n2)c(OC)c1. The minimum Gasteiger partial charge on any atom is -0.497 e. The van der Waals surface area contributed by atoms with Crippen LogP contribution in [-0.4, -0.2) is 30.7 Å². The summed E-state index contributed by atoms with van der Waals surface area (Å²) in [6.07, 6.45) is 5.78. The third-order valence-corrected chi connectivity index (χ3v) is 4.64. The summed E-state index contributed by atoms with van der Waals surface area (Å²) in [7, 11) is 3.37. The highest BCUT2D eigenvalue weighted by molar-refractivity contribution is 5.45. The lowest BCUT2D eigenvalue weighted by Gasteiger charge is -2.33. The summed E-state index contributed by atoms with van der Waals surface area (Å²) in [6, 6.07) is 7.97. The van der Waals surface area contributed by atoms with Crippen molar-refractivity contribution in [2.45, 2.75) is 32.7 Å². The van der Waals surface area contributed by atoms with E-state index in [0.29, 0.717) is 0 Å². The Morgan fingerprint density at radius 2 is 2.00 bits per heavy atom. The van der Waals surface area contributed by atoms with E-state index in [1.807, 2.05) is 31.3 Å². The number of aryl methyl sites for hydroxylation is 1. The molecule has 0 saturated heterocycles. The Labute approximate surface area is 143 Å². The Hall–Kier alpha value is -2.30. The van der Waals surface area contributed by atoms with Gasteiger partial charge in [-0.15, -0.1) is 0 Å². The maximum atomic E-state index is 5.55. The lowest BCUT2D eigenvalue weighted by Crippen LogP contribution is -2.33. The van der Waals surface area contributed by atoms with Crippen LogP contribution < -0.4 is 14.4 Å². The first-order valence-corrected chi connectivity index (χ1v) is 8.45. The number of benzene rings is 1. The number of aromatic nitrogens is 2. The molecule has 0 radical (unpaired) electrons. The van der Waals surface area contributed by atoms with E-state index in [2.05, 4.69) is 20.9 Å². The molecular formula is C19H25N3O2. The zero-order valence-corrected chi connectivity index (χ0v) is 14.7. The number of ether oxygens (including phenoxy) is 2. The van der Waals surface area contributed by atoms with Gasteiger partial charge in [0, 0.05) is 30.9 Å². The lowest BCUT2D eigenvalue weighted by atomic mass is 9.85. The van der Waals surface area contributed by atoms with E-state index in [1.54, 1.807) is 14.2 Å². The van der Waals surface area contributed by atoms with Gasteiger partial charge in [-0.25, -0.2) is 9.97 Å². The number of nitrogens with zero attached hydrogens (tertiary/aromatic N) is 3. The van der Waals surface area contributed by atoms with Gasteiger partial charge in [-0.1, -0.05) is 6.42 Å². The third-order valence-electron chi connectivity index (χ3n) is 4.64. The number of rotatable bonds is 7. The first kappa shape index (κ1) is 16.6. The van der Waals surface area contributed by atoms with Gasteiger partial charge in [0.05, 0.1) is 14.2 Å². The van der Waals surface area contributed by atoms with E-state index in [1.165, 1.54) is 19.3 Å².